The van der Waals surface area contributed by atoms with Crippen LogP contribution in [0.15, 0.2) is 36.4 Å². The minimum atomic E-state index is -0.855. The summed E-state index contributed by atoms with van der Waals surface area (Å²) in [4.78, 5) is 15.4. The van der Waals surface area contributed by atoms with E-state index in [1.165, 1.54) is 31.2 Å². The molecular formula is C25H33NO5. The molecule has 1 fully saturated rings. The van der Waals surface area contributed by atoms with Gasteiger partial charge in [-0.3, -0.25) is 9.78 Å². The quantitative estimate of drug-likeness (QED) is 0.326. The van der Waals surface area contributed by atoms with Crippen LogP contribution in [0, 0.1) is 6.92 Å². The number of ether oxygens (including phenoxy) is 3. The molecule has 6 nitrogen and oxygen atoms in total. The number of aliphatic carboxylic acids is 1. The minimum absolute atomic E-state index is 0.00179. The number of unbranched alkanes of at least 4 members (excludes halogenated alkanes) is 5. The molecule has 3 rings (SSSR count). The SMILES string of the molecule is COc1ccc(CCCCCCCCOc2ccc(C)nc2C2OC2CC(=O)O)cc1. The second-order valence-corrected chi connectivity index (χ2v) is 8.10. The van der Waals surface area contributed by atoms with Crippen LogP contribution in [0.4, 0.5) is 0 Å². The van der Waals surface area contributed by atoms with Gasteiger partial charge in [0.25, 0.3) is 0 Å². The van der Waals surface area contributed by atoms with Crippen LogP contribution in [0.1, 0.15) is 68.0 Å². The third kappa shape index (κ3) is 7.55. The zero-order chi connectivity index (χ0) is 22.1. The van der Waals surface area contributed by atoms with Gasteiger partial charge in [-0.2, -0.15) is 0 Å². The van der Waals surface area contributed by atoms with Crippen molar-refractivity contribution in [3.8, 4) is 11.5 Å². The van der Waals surface area contributed by atoms with Crippen molar-refractivity contribution in [2.75, 3.05) is 13.7 Å². The maximum absolute atomic E-state index is 10.9. The Labute approximate surface area is 184 Å². The topological polar surface area (TPSA) is 81.2 Å². The molecule has 1 aromatic carbocycles. The molecule has 2 aromatic rings. The number of methoxy groups -OCH3 is 1. The van der Waals surface area contributed by atoms with E-state index in [0.29, 0.717) is 12.4 Å². The largest absolute Gasteiger partial charge is 0.497 e. The summed E-state index contributed by atoms with van der Waals surface area (Å²) in [6.07, 6.45) is 7.57. The van der Waals surface area contributed by atoms with Gasteiger partial charge in [0.1, 0.15) is 29.4 Å². The van der Waals surface area contributed by atoms with Gasteiger partial charge >= 0.3 is 5.97 Å². The van der Waals surface area contributed by atoms with Crippen molar-refractivity contribution in [2.24, 2.45) is 0 Å². The minimum Gasteiger partial charge on any atom is -0.497 e. The fourth-order valence-corrected chi connectivity index (χ4v) is 3.71. The number of carboxylic acid groups (broad SMARTS) is 1. The number of carboxylic acids is 1. The number of carbonyl (C=O) groups is 1. The summed E-state index contributed by atoms with van der Waals surface area (Å²) in [6, 6.07) is 12.1. The standard InChI is InChI=1S/C25H33NO5/c1-18-10-15-21(24(26-18)25-22(31-25)17-23(27)28)30-16-8-6-4-3-5-7-9-19-11-13-20(29-2)14-12-19/h10-15,22,25H,3-9,16-17H2,1-2H3,(H,27,28). The Kier molecular flexibility index (Phi) is 8.71. The average Bonchev–Trinajstić information content (AvgIpc) is 3.52. The molecule has 6 heteroatoms. The number of rotatable bonds is 14. The highest BCUT2D eigenvalue weighted by atomic mass is 16.6. The number of aryl methyl sites for hydroxylation is 2. The van der Waals surface area contributed by atoms with Gasteiger partial charge in [-0.25, -0.2) is 0 Å². The summed E-state index contributed by atoms with van der Waals surface area (Å²) < 4.78 is 16.6. The van der Waals surface area contributed by atoms with Crippen LogP contribution < -0.4 is 9.47 Å². The van der Waals surface area contributed by atoms with Gasteiger partial charge in [-0.1, -0.05) is 37.8 Å². The van der Waals surface area contributed by atoms with E-state index in [9.17, 15) is 4.79 Å². The van der Waals surface area contributed by atoms with Gasteiger partial charge in [-0.15, -0.1) is 0 Å². The predicted molar refractivity (Wildman–Crippen MR) is 119 cm³/mol. The van der Waals surface area contributed by atoms with E-state index in [1.807, 2.05) is 31.2 Å². The van der Waals surface area contributed by atoms with Gasteiger partial charge in [0.05, 0.1) is 20.1 Å². The second kappa shape index (κ2) is 11.7. The summed E-state index contributed by atoms with van der Waals surface area (Å²) in [7, 11) is 1.69. The lowest BCUT2D eigenvalue weighted by atomic mass is 10.0. The molecule has 1 aromatic heterocycles. The van der Waals surface area contributed by atoms with Crippen molar-refractivity contribution in [3.05, 3.63) is 53.3 Å². The van der Waals surface area contributed by atoms with E-state index in [2.05, 4.69) is 17.1 Å². The molecule has 2 atom stereocenters. The summed E-state index contributed by atoms with van der Waals surface area (Å²) in [5.74, 6) is 0.763. The Morgan fingerprint density at radius 2 is 1.74 bits per heavy atom. The van der Waals surface area contributed by atoms with Crippen molar-refractivity contribution >= 4 is 5.97 Å². The van der Waals surface area contributed by atoms with E-state index < -0.39 is 5.97 Å². The lowest BCUT2D eigenvalue weighted by molar-refractivity contribution is -0.137. The Balaban J connectivity index is 1.28. The molecule has 0 aliphatic carbocycles. The molecule has 0 bridgehead atoms. The van der Waals surface area contributed by atoms with Gasteiger partial charge in [-0.05, 0) is 56.0 Å². The average molecular weight is 428 g/mol. The molecule has 1 saturated heterocycles. The van der Waals surface area contributed by atoms with E-state index in [0.717, 1.165) is 36.4 Å². The van der Waals surface area contributed by atoms with E-state index in [4.69, 9.17) is 19.3 Å². The van der Waals surface area contributed by atoms with Crippen molar-refractivity contribution in [1.82, 2.24) is 4.98 Å². The summed E-state index contributed by atoms with van der Waals surface area (Å²) in [5.41, 5.74) is 2.97. The van der Waals surface area contributed by atoms with Gasteiger partial charge < -0.3 is 19.3 Å². The van der Waals surface area contributed by atoms with Crippen molar-refractivity contribution < 1.29 is 24.1 Å². The number of nitrogens with zero attached hydrogens (tertiary/aromatic N) is 1. The van der Waals surface area contributed by atoms with Crippen LogP contribution in [0.25, 0.3) is 0 Å². The lowest BCUT2D eigenvalue weighted by Gasteiger charge is -2.10. The third-order valence-corrected chi connectivity index (χ3v) is 5.53. The number of aromatic nitrogens is 1. The third-order valence-electron chi connectivity index (χ3n) is 5.53. The highest BCUT2D eigenvalue weighted by Crippen LogP contribution is 2.43. The molecule has 0 spiro atoms. The number of benzene rings is 1. The molecular weight excluding hydrogens is 394 g/mol. The Hall–Kier alpha value is -2.60. The molecule has 1 aliphatic heterocycles. The smallest absolute Gasteiger partial charge is 0.306 e. The molecule has 1 N–H and O–H groups in total. The van der Waals surface area contributed by atoms with E-state index in [1.54, 1.807) is 7.11 Å². The van der Waals surface area contributed by atoms with Crippen LogP contribution in [-0.4, -0.2) is 35.9 Å². The van der Waals surface area contributed by atoms with Crippen LogP contribution in [0.3, 0.4) is 0 Å². The van der Waals surface area contributed by atoms with Crippen LogP contribution in [-0.2, 0) is 16.0 Å². The van der Waals surface area contributed by atoms with Gasteiger partial charge in [0.15, 0.2) is 0 Å². The maximum atomic E-state index is 10.9. The Bertz CT molecular complexity index is 836. The first-order valence-electron chi connectivity index (χ1n) is 11.2. The van der Waals surface area contributed by atoms with Gasteiger partial charge in [0, 0.05) is 5.69 Å². The van der Waals surface area contributed by atoms with E-state index in [-0.39, 0.29) is 18.6 Å². The molecule has 0 saturated carbocycles. The fraction of sp³-hybridized carbons (Fsp3) is 0.520. The molecule has 0 radical (unpaired) electrons. The van der Waals surface area contributed by atoms with Crippen molar-refractivity contribution in [3.63, 3.8) is 0 Å². The zero-order valence-electron chi connectivity index (χ0n) is 18.5. The molecule has 168 valence electrons. The van der Waals surface area contributed by atoms with E-state index >= 15 is 0 Å². The second-order valence-electron chi connectivity index (χ2n) is 8.10. The molecule has 0 amide bonds. The normalized spacial score (nSPS) is 17.4. The Morgan fingerprint density at radius 3 is 2.45 bits per heavy atom. The highest BCUT2D eigenvalue weighted by molar-refractivity contribution is 5.68. The number of epoxide rings is 1. The number of hydrogen-bond acceptors (Lipinski definition) is 5. The number of pyridine rings is 1. The first kappa shape index (κ1) is 23.1. The van der Waals surface area contributed by atoms with Gasteiger partial charge in [0.2, 0.25) is 0 Å². The molecule has 2 heterocycles. The predicted octanol–water partition coefficient (Wildman–Crippen LogP) is 5.28. The van der Waals surface area contributed by atoms with Crippen molar-refractivity contribution in [1.29, 1.82) is 0 Å². The monoisotopic (exact) mass is 427 g/mol. The molecule has 2 unspecified atom stereocenters. The summed E-state index contributed by atoms with van der Waals surface area (Å²) >= 11 is 0. The maximum Gasteiger partial charge on any atom is 0.306 e. The lowest BCUT2D eigenvalue weighted by Crippen LogP contribution is -2.05. The zero-order valence-corrected chi connectivity index (χ0v) is 18.5. The fourth-order valence-electron chi connectivity index (χ4n) is 3.71. The Morgan fingerprint density at radius 1 is 1.03 bits per heavy atom. The first-order chi connectivity index (χ1) is 15.1. The van der Waals surface area contributed by atoms with Crippen LogP contribution >= 0.6 is 0 Å². The molecule has 1 aliphatic rings. The van der Waals surface area contributed by atoms with Crippen LogP contribution in [0.2, 0.25) is 0 Å². The number of hydrogen-bond donors (Lipinski definition) is 1. The first-order valence-corrected chi connectivity index (χ1v) is 11.2. The van der Waals surface area contributed by atoms with Crippen molar-refractivity contribution in [2.45, 2.75) is 70.5 Å². The summed E-state index contributed by atoms with van der Waals surface area (Å²) in [6.45, 7) is 2.55. The summed E-state index contributed by atoms with van der Waals surface area (Å²) in [5, 5.41) is 8.93. The highest BCUT2D eigenvalue weighted by Gasteiger charge is 2.44. The van der Waals surface area contributed by atoms with Crippen LogP contribution in [0.5, 0.6) is 11.5 Å². The molecule has 31 heavy (non-hydrogen) atoms.